The van der Waals surface area contributed by atoms with E-state index in [2.05, 4.69) is 10.3 Å². The van der Waals surface area contributed by atoms with Crippen LogP contribution in [0.25, 0.3) is 10.9 Å². The summed E-state index contributed by atoms with van der Waals surface area (Å²) in [4.78, 5) is 16.6. The Labute approximate surface area is 134 Å². The van der Waals surface area contributed by atoms with E-state index in [9.17, 15) is 9.90 Å². The van der Waals surface area contributed by atoms with Crippen LogP contribution in [0.3, 0.4) is 0 Å². The summed E-state index contributed by atoms with van der Waals surface area (Å²) in [5.74, 6) is -0.355. The highest BCUT2D eigenvalue weighted by molar-refractivity contribution is 6.02. The molecule has 4 heteroatoms. The summed E-state index contributed by atoms with van der Waals surface area (Å²) in [7, 11) is 0. The average Bonchev–Trinajstić information content (AvgIpc) is 2.56. The number of hydrogen-bond donors (Lipinski definition) is 2. The number of pyridine rings is 1. The molecular formula is C19H18N2O2. The minimum atomic E-state index is -0.288. The maximum Gasteiger partial charge on any atom is 0.255 e. The van der Waals surface area contributed by atoms with Crippen molar-refractivity contribution in [2.75, 3.05) is 6.54 Å². The number of amides is 1. The Hall–Kier alpha value is -2.88. The monoisotopic (exact) mass is 306 g/mol. The second-order valence-corrected chi connectivity index (χ2v) is 5.48. The number of nitrogens with zero attached hydrogens (tertiary/aromatic N) is 1. The van der Waals surface area contributed by atoms with E-state index in [1.807, 2.05) is 49.4 Å². The van der Waals surface area contributed by atoms with Gasteiger partial charge in [0.2, 0.25) is 0 Å². The molecule has 0 bridgehead atoms. The zero-order valence-electron chi connectivity index (χ0n) is 12.9. The summed E-state index contributed by atoms with van der Waals surface area (Å²) in [6.45, 7) is 2.37. The Morgan fingerprint density at radius 1 is 1.09 bits per heavy atom. The highest BCUT2D eigenvalue weighted by Crippen LogP contribution is 2.27. The zero-order chi connectivity index (χ0) is 16.2. The molecule has 0 aliphatic rings. The number of carbonyl (C=O) groups is 1. The summed E-state index contributed by atoms with van der Waals surface area (Å²) in [6.07, 6.45) is 0.748. The summed E-state index contributed by atoms with van der Waals surface area (Å²) < 4.78 is 0. The van der Waals surface area contributed by atoms with Crippen LogP contribution >= 0.6 is 0 Å². The zero-order valence-corrected chi connectivity index (χ0v) is 12.9. The van der Waals surface area contributed by atoms with Crippen molar-refractivity contribution in [1.29, 1.82) is 0 Å². The van der Waals surface area contributed by atoms with Crippen molar-refractivity contribution in [3.63, 3.8) is 0 Å². The van der Waals surface area contributed by atoms with Gasteiger partial charge in [0.15, 0.2) is 5.75 Å². The number of carbonyl (C=O) groups excluding carboxylic acids is 1. The van der Waals surface area contributed by atoms with E-state index in [0.717, 1.165) is 23.1 Å². The van der Waals surface area contributed by atoms with Gasteiger partial charge in [-0.05, 0) is 31.0 Å². The summed E-state index contributed by atoms with van der Waals surface area (Å²) in [6, 6.07) is 17.1. The van der Waals surface area contributed by atoms with Gasteiger partial charge in [-0.15, -0.1) is 0 Å². The van der Waals surface area contributed by atoms with Gasteiger partial charge in [0.25, 0.3) is 5.91 Å². The molecule has 0 unspecified atom stereocenters. The third-order valence-electron chi connectivity index (χ3n) is 3.76. The second kappa shape index (κ2) is 6.48. The third kappa shape index (κ3) is 3.31. The molecule has 0 fully saturated rings. The Bertz CT molecular complexity index is 845. The third-order valence-corrected chi connectivity index (χ3v) is 3.76. The predicted octanol–water partition coefficient (Wildman–Crippen LogP) is 3.22. The van der Waals surface area contributed by atoms with E-state index in [0.29, 0.717) is 12.1 Å². The lowest BCUT2D eigenvalue weighted by Gasteiger charge is -2.09. The van der Waals surface area contributed by atoms with Crippen molar-refractivity contribution >= 4 is 16.8 Å². The van der Waals surface area contributed by atoms with E-state index >= 15 is 0 Å². The molecule has 0 spiro atoms. The highest BCUT2D eigenvalue weighted by Gasteiger charge is 2.14. The first-order valence-corrected chi connectivity index (χ1v) is 7.56. The number of phenols is 1. The van der Waals surface area contributed by atoms with Gasteiger partial charge in [0.1, 0.15) is 5.52 Å². The maximum atomic E-state index is 12.3. The van der Waals surface area contributed by atoms with E-state index < -0.39 is 0 Å². The minimum Gasteiger partial charge on any atom is -0.505 e. The van der Waals surface area contributed by atoms with Crippen LogP contribution in [0.4, 0.5) is 0 Å². The van der Waals surface area contributed by atoms with E-state index in [-0.39, 0.29) is 17.2 Å². The number of aromatic nitrogens is 1. The quantitative estimate of drug-likeness (QED) is 0.778. The molecule has 23 heavy (non-hydrogen) atoms. The molecule has 1 aromatic heterocycles. The number of benzene rings is 2. The van der Waals surface area contributed by atoms with Crippen molar-refractivity contribution in [2.24, 2.45) is 0 Å². The first-order valence-electron chi connectivity index (χ1n) is 7.56. The van der Waals surface area contributed by atoms with Gasteiger partial charge in [0, 0.05) is 17.6 Å². The molecule has 0 aliphatic heterocycles. The topological polar surface area (TPSA) is 62.2 Å². The van der Waals surface area contributed by atoms with Crippen LogP contribution in [0.5, 0.6) is 5.75 Å². The van der Waals surface area contributed by atoms with Crippen LogP contribution in [-0.4, -0.2) is 22.5 Å². The molecule has 1 heterocycles. The normalized spacial score (nSPS) is 10.7. The van der Waals surface area contributed by atoms with Crippen molar-refractivity contribution in [2.45, 2.75) is 13.3 Å². The molecule has 0 aliphatic carbocycles. The predicted molar refractivity (Wildman–Crippen MR) is 90.6 cm³/mol. The van der Waals surface area contributed by atoms with Crippen molar-refractivity contribution in [3.8, 4) is 5.75 Å². The van der Waals surface area contributed by atoms with Gasteiger partial charge < -0.3 is 10.4 Å². The van der Waals surface area contributed by atoms with Crippen LogP contribution in [-0.2, 0) is 6.42 Å². The fourth-order valence-corrected chi connectivity index (χ4v) is 2.51. The van der Waals surface area contributed by atoms with Gasteiger partial charge in [-0.25, -0.2) is 4.98 Å². The number of phenolic OH excluding ortho intramolecular Hbond substituents is 1. The van der Waals surface area contributed by atoms with Crippen LogP contribution in [0.2, 0.25) is 0 Å². The second-order valence-electron chi connectivity index (χ2n) is 5.48. The lowest BCUT2D eigenvalue weighted by atomic mass is 10.1. The SMILES string of the molecule is Cc1ccc2ccc(C(=O)NCCc3ccccc3)c(O)c2n1. The van der Waals surface area contributed by atoms with Crippen molar-refractivity contribution in [1.82, 2.24) is 10.3 Å². The van der Waals surface area contributed by atoms with Gasteiger partial charge in [-0.2, -0.15) is 0 Å². The molecule has 2 N–H and O–H groups in total. The van der Waals surface area contributed by atoms with Gasteiger partial charge >= 0.3 is 0 Å². The molecule has 2 aromatic carbocycles. The molecule has 1 amide bonds. The summed E-state index contributed by atoms with van der Waals surface area (Å²) in [5.41, 5.74) is 2.67. The van der Waals surface area contributed by atoms with Crippen LogP contribution < -0.4 is 5.32 Å². The molecule has 3 rings (SSSR count). The standard InChI is InChI=1S/C19H18N2O2/c1-13-7-8-15-9-10-16(18(22)17(15)21-13)19(23)20-12-11-14-5-3-2-4-6-14/h2-10,22H,11-12H2,1H3,(H,20,23). The Morgan fingerprint density at radius 2 is 1.83 bits per heavy atom. The molecule has 3 aromatic rings. The Morgan fingerprint density at radius 3 is 2.61 bits per heavy atom. The molecule has 0 saturated heterocycles. The fraction of sp³-hybridized carbons (Fsp3) is 0.158. The lowest BCUT2D eigenvalue weighted by molar-refractivity contribution is 0.0951. The molecule has 0 atom stereocenters. The average molecular weight is 306 g/mol. The number of nitrogens with one attached hydrogen (secondary N) is 1. The maximum absolute atomic E-state index is 12.3. The Balaban J connectivity index is 1.74. The number of aryl methyl sites for hydroxylation is 1. The lowest BCUT2D eigenvalue weighted by Crippen LogP contribution is -2.25. The minimum absolute atomic E-state index is 0.0663. The molecule has 0 radical (unpaired) electrons. The van der Waals surface area contributed by atoms with Crippen LogP contribution in [0.1, 0.15) is 21.6 Å². The number of aromatic hydroxyl groups is 1. The van der Waals surface area contributed by atoms with E-state index in [1.165, 1.54) is 0 Å². The van der Waals surface area contributed by atoms with Gasteiger partial charge in [-0.1, -0.05) is 42.5 Å². The largest absolute Gasteiger partial charge is 0.505 e. The van der Waals surface area contributed by atoms with Crippen LogP contribution in [0.15, 0.2) is 54.6 Å². The summed E-state index contributed by atoms with van der Waals surface area (Å²) in [5, 5.41) is 14.0. The molecule has 4 nitrogen and oxygen atoms in total. The van der Waals surface area contributed by atoms with Gasteiger partial charge in [0.05, 0.1) is 5.56 Å². The van der Waals surface area contributed by atoms with E-state index in [4.69, 9.17) is 0 Å². The van der Waals surface area contributed by atoms with E-state index in [1.54, 1.807) is 12.1 Å². The fourth-order valence-electron chi connectivity index (χ4n) is 2.51. The molecule has 0 saturated carbocycles. The van der Waals surface area contributed by atoms with Crippen LogP contribution in [0, 0.1) is 6.92 Å². The molecule has 116 valence electrons. The number of fused-ring (bicyclic) bond motifs is 1. The van der Waals surface area contributed by atoms with Crippen molar-refractivity contribution < 1.29 is 9.90 Å². The first kappa shape index (κ1) is 15.0. The Kier molecular flexibility index (Phi) is 4.24. The van der Waals surface area contributed by atoms with Gasteiger partial charge in [-0.3, -0.25) is 4.79 Å². The number of rotatable bonds is 4. The smallest absolute Gasteiger partial charge is 0.255 e. The van der Waals surface area contributed by atoms with Crippen molar-refractivity contribution in [3.05, 3.63) is 71.4 Å². The summed E-state index contributed by atoms with van der Waals surface area (Å²) >= 11 is 0. The number of hydrogen-bond acceptors (Lipinski definition) is 3. The first-order chi connectivity index (χ1) is 11.1. The highest BCUT2D eigenvalue weighted by atomic mass is 16.3. The molecular weight excluding hydrogens is 288 g/mol.